The fourth-order valence-electron chi connectivity index (χ4n) is 4.90. The minimum Gasteiger partial charge on any atom is -0.396 e. The fraction of sp³-hybridized carbons (Fsp3) is 0.423. The molecular weight excluding hydrogens is 370 g/mol. The molecule has 4 nitrogen and oxygen atoms in total. The van der Waals surface area contributed by atoms with Crippen LogP contribution in [0, 0.1) is 26.2 Å². The van der Waals surface area contributed by atoms with Gasteiger partial charge in [0.15, 0.2) is 0 Å². The highest BCUT2D eigenvalue weighted by atomic mass is 16.3. The number of nitrogens with zero attached hydrogens (tertiary/aromatic N) is 2. The molecule has 3 aromatic rings. The van der Waals surface area contributed by atoms with Crippen molar-refractivity contribution in [1.82, 2.24) is 15.1 Å². The van der Waals surface area contributed by atoms with E-state index in [1.165, 1.54) is 33.4 Å². The van der Waals surface area contributed by atoms with Crippen LogP contribution >= 0.6 is 0 Å². The second-order valence-corrected chi connectivity index (χ2v) is 9.16. The molecule has 2 aromatic carbocycles. The number of aromatic amines is 1. The Hall–Kier alpha value is -2.43. The molecule has 2 N–H and O–H groups in total. The Labute approximate surface area is 180 Å². The number of nitrogens with one attached hydrogen (secondary N) is 1. The Morgan fingerprint density at radius 1 is 1.07 bits per heavy atom. The van der Waals surface area contributed by atoms with Crippen LogP contribution in [0.2, 0.25) is 0 Å². The molecular formula is C26H33N3O. The molecule has 0 amide bonds. The third kappa shape index (κ3) is 4.35. The van der Waals surface area contributed by atoms with E-state index in [9.17, 15) is 5.11 Å². The summed E-state index contributed by atoms with van der Waals surface area (Å²) in [6.07, 6.45) is 5.09. The lowest BCUT2D eigenvalue weighted by atomic mass is 9.75. The van der Waals surface area contributed by atoms with Gasteiger partial charge in [0.05, 0.1) is 18.5 Å². The molecule has 1 atom stereocenters. The van der Waals surface area contributed by atoms with Crippen LogP contribution in [0.3, 0.4) is 0 Å². The molecule has 1 aromatic heterocycles. The number of likely N-dealkylation sites (tertiary alicyclic amines) is 1. The van der Waals surface area contributed by atoms with E-state index in [1.54, 1.807) is 0 Å². The van der Waals surface area contributed by atoms with Crippen LogP contribution in [0.25, 0.3) is 11.3 Å². The Kier molecular flexibility index (Phi) is 6.07. The average molecular weight is 404 g/mol. The molecule has 0 spiro atoms. The van der Waals surface area contributed by atoms with Crippen LogP contribution in [0.4, 0.5) is 0 Å². The van der Waals surface area contributed by atoms with Crippen molar-refractivity contribution >= 4 is 0 Å². The van der Waals surface area contributed by atoms with Crippen LogP contribution in [0.1, 0.15) is 40.7 Å². The Morgan fingerprint density at radius 2 is 1.90 bits per heavy atom. The second kappa shape index (κ2) is 8.75. The SMILES string of the molecule is Cc1ccc(C)c(-c2[nH]ncc2CN2CCC[C@@](CO)(Cc3ccccc3C)C2)c1. The molecule has 1 saturated heterocycles. The van der Waals surface area contributed by atoms with Crippen molar-refractivity contribution < 1.29 is 5.11 Å². The van der Waals surface area contributed by atoms with Crippen molar-refractivity contribution in [3.63, 3.8) is 0 Å². The highest BCUT2D eigenvalue weighted by Crippen LogP contribution is 2.35. The molecule has 0 unspecified atom stereocenters. The van der Waals surface area contributed by atoms with Gasteiger partial charge in [-0.15, -0.1) is 0 Å². The van der Waals surface area contributed by atoms with Gasteiger partial charge in [-0.25, -0.2) is 0 Å². The van der Waals surface area contributed by atoms with E-state index in [0.29, 0.717) is 0 Å². The molecule has 4 rings (SSSR count). The van der Waals surface area contributed by atoms with Crippen molar-refractivity contribution in [2.45, 2.75) is 46.6 Å². The van der Waals surface area contributed by atoms with Gasteiger partial charge in [-0.2, -0.15) is 5.10 Å². The largest absolute Gasteiger partial charge is 0.396 e. The third-order valence-corrected chi connectivity index (χ3v) is 6.68. The monoisotopic (exact) mass is 403 g/mol. The first-order valence-corrected chi connectivity index (χ1v) is 11.0. The Bertz CT molecular complexity index is 1010. The van der Waals surface area contributed by atoms with Crippen molar-refractivity contribution in [1.29, 1.82) is 0 Å². The predicted octanol–water partition coefficient (Wildman–Crippen LogP) is 4.82. The predicted molar refractivity (Wildman–Crippen MR) is 122 cm³/mol. The average Bonchev–Trinajstić information content (AvgIpc) is 3.19. The molecule has 4 heteroatoms. The third-order valence-electron chi connectivity index (χ3n) is 6.68. The van der Waals surface area contributed by atoms with E-state index in [2.05, 4.69) is 78.3 Å². The number of H-pyrrole nitrogens is 1. The minimum atomic E-state index is -0.0759. The zero-order valence-electron chi connectivity index (χ0n) is 18.4. The maximum atomic E-state index is 10.4. The highest BCUT2D eigenvalue weighted by molar-refractivity contribution is 5.67. The number of hydrogen-bond donors (Lipinski definition) is 2. The number of aryl methyl sites for hydroxylation is 3. The molecule has 158 valence electrons. The first kappa shape index (κ1) is 20.8. The minimum absolute atomic E-state index is 0.0759. The number of aliphatic hydroxyl groups excluding tert-OH is 1. The van der Waals surface area contributed by atoms with Gasteiger partial charge in [0.25, 0.3) is 0 Å². The number of aliphatic hydroxyl groups is 1. The molecule has 30 heavy (non-hydrogen) atoms. The van der Waals surface area contributed by atoms with Crippen LogP contribution in [0.5, 0.6) is 0 Å². The molecule has 2 heterocycles. The summed E-state index contributed by atoms with van der Waals surface area (Å²) in [5.41, 5.74) is 8.69. The summed E-state index contributed by atoms with van der Waals surface area (Å²) in [6, 6.07) is 15.1. The summed E-state index contributed by atoms with van der Waals surface area (Å²) >= 11 is 0. The van der Waals surface area contributed by atoms with E-state index in [0.717, 1.165) is 44.6 Å². The van der Waals surface area contributed by atoms with E-state index in [-0.39, 0.29) is 12.0 Å². The zero-order chi connectivity index (χ0) is 21.1. The molecule has 1 fully saturated rings. The van der Waals surface area contributed by atoms with E-state index in [4.69, 9.17) is 0 Å². The summed E-state index contributed by atoms with van der Waals surface area (Å²) in [7, 11) is 0. The topological polar surface area (TPSA) is 52.2 Å². The molecule has 0 radical (unpaired) electrons. The lowest BCUT2D eigenvalue weighted by Gasteiger charge is -2.42. The van der Waals surface area contributed by atoms with Gasteiger partial charge in [0.1, 0.15) is 0 Å². The zero-order valence-corrected chi connectivity index (χ0v) is 18.4. The second-order valence-electron chi connectivity index (χ2n) is 9.16. The fourth-order valence-corrected chi connectivity index (χ4v) is 4.90. The van der Waals surface area contributed by atoms with E-state index >= 15 is 0 Å². The maximum absolute atomic E-state index is 10.4. The normalized spacial score (nSPS) is 19.9. The lowest BCUT2D eigenvalue weighted by molar-refractivity contribution is 0.0288. The number of rotatable bonds is 6. The lowest BCUT2D eigenvalue weighted by Crippen LogP contribution is -2.46. The summed E-state index contributed by atoms with van der Waals surface area (Å²) in [5.74, 6) is 0. The summed E-state index contributed by atoms with van der Waals surface area (Å²) in [6.45, 7) is 9.51. The smallest absolute Gasteiger partial charge is 0.0698 e. The van der Waals surface area contributed by atoms with Gasteiger partial charge < -0.3 is 5.11 Å². The molecule has 0 bridgehead atoms. The first-order valence-electron chi connectivity index (χ1n) is 11.0. The van der Waals surface area contributed by atoms with Gasteiger partial charge in [-0.05, 0) is 69.3 Å². The number of benzene rings is 2. The Morgan fingerprint density at radius 3 is 2.70 bits per heavy atom. The van der Waals surface area contributed by atoms with Crippen LogP contribution in [0.15, 0.2) is 48.7 Å². The van der Waals surface area contributed by atoms with Crippen molar-refractivity contribution in [3.8, 4) is 11.3 Å². The highest BCUT2D eigenvalue weighted by Gasteiger charge is 2.35. The first-order chi connectivity index (χ1) is 14.5. The number of hydrogen-bond acceptors (Lipinski definition) is 3. The molecule has 0 aliphatic carbocycles. The van der Waals surface area contributed by atoms with Gasteiger partial charge in [-0.1, -0.05) is 42.0 Å². The van der Waals surface area contributed by atoms with Gasteiger partial charge in [0.2, 0.25) is 0 Å². The van der Waals surface area contributed by atoms with Crippen molar-refractivity contribution in [2.24, 2.45) is 5.41 Å². The van der Waals surface area contributed by atoms with Crippen LogP contribution < -0.4 is 0 Å². The molecule has 1 aliphatic heterocycles. The standard InChI is InChI=1S/C26H33N3O/c1-19-9-10-21(3)24(13-19)25-23(15-27-28-25)16-29-12-6-11-26(17-29,18-30)14-22-8-5-4-7-20(22)2/h4-5,7-10,13,15,30H,6,11-12,14,16-18H2,1-3H3,(H,27,28)/t26-/m1/s1. The van der Waals surface area contributed by atoms with Crippen molar-refractivity contribution in [3.05, 3.63) is 76.5 Å². The quantitative estimate of drug-likeness (QED) is 0.620. The van der Waals surface area contributed by atoms with Crippen molar-refractivity contribution in [2.75, 3.05) is 19.7 Å². The molecule has 1 aliphatic rings. The van der Waals surface area contributed by atoms with Crippen LogP contribution in [-0.4, -0.2) is 39.9 Å². The number of aromatic nitrogens is 2. The number of piperidine rings is 1. The molecule has 0 saturated carbocycles. The van der Waals surface area contributed by atoms with Gasteiger partial charge in [0, 0.05) is 29.6 Å². The van der Waals surface area contributed by atoms with Gasteiger partial charge in [-0.3, -0.25) is 10.00 Å². The van der Waals surface area contributed by atoms with E-state index < -0.39 is 0 Å². The van der Waals surface area contributed by atoms with E-state index in [1.807, 2.05) is 6.20 Å². The Balaban J connectivity index is 1.54. The van der Waals surface area contributed by atoms with Crippen LogP contribution in [-0.2, 0) is 13.0 Å². The summed E-state index contributed by atoms with van der Waals surface area (Å²) < 4.78 is 0. The van der Waals surface area contributed by atoms with Gasteiger partial charge >= 0.3 is 0 Å². The maximum Gasteiger partial charge on any atom is 0.0698 e. The summed E-state index contributed by atoms with van der Waals surface area (Å²) in [5, 5.41) is 18.0. The summed E-state index contributed by atoms with van der Waals surface area (Å²) in [4.78, 5) is 2.50.